The molecule has 0 heterocycles. The van der Waals surface area contributed by atoms with Gasteiger partial charge in [-0.05, 0) is 38.1 Å². The van der Waals surface area contributed by atoms with E-state index in [1.165, 1.54) is 16.7 Å². The van der Waals surface area contributed by atoms with Gasteiger partial charge in [-0.25, -0.2) is 0 Å². The van der Waals surface area contributed by atoms with E-state index in [2.05, 4.69) is 0 Å². The number of anilines is 1. The van der Waals surface area contributed by atoms with E-state index in [-0.39, 0.29) is 11.8 Å². The molecule has 0 aliphatic heterocycles. The lowest BCUT2D eigenvalue weighted by atomic mass is 10.00. The van der Waals surface area contributed by atoms with Crippen molar-refractivity contribution in [1.29, 1.82) is 0 Å². The van der Waals surface area contributed by atoms with E-state index in [0.717, 1.165) is 0 Å². The van der Waals surface area contributed by atoms with Gasteiger partial charge in [-0.1, -0.05) is 0 Å². The lowest BCUT2D eigenvalue weighted by molar-refractivity contribution is -0.126. The quantitative estimate of drug-likeness (QED) is 0.898. The van der Waals surface area contributed by atoms with Crippen molar-refractivity contribution >= 4 is 23.4 Å². The normalized spacial score (nSPS) is 10.9. The van der Waals surface area contributed by atoms with Crippen LogP contribution in [-0.4, -0.2) is 42.3 Å². The van der Waals surface area contributed by atoms with Crippen LogP contribution in [0.4, 0.5) is 5.69 Å². The Balaban J connectivity index is 3.21. The summed E-state index contributed by atoms with van der Waals surface area (Å²) >= 11 is 0. The second kappa shape index (κ2) is 5.95. The largest absolute Gasteiger partial charge is 0.368 e. The molecule has 1 aromatic rings. The van der Waals surface area contributed by atoms with E-state index in [1.54, 1.807) is 52.2 Å². The van der Waals surface area contributed by atoms with Crippen molar-refractivity contribution in [2.75, 3.05) is 19.0 Å². The summed E-state index contributed by atoms with van der Waals surface area (Å²) in [7, 11) is 3.32. The predicted molar refractivity (Wildman–Crippen MR) is 80.9 cm³/mol. The lowest BCUT2D eigenvalue weighted by Gasteiger charge is -2.35. The Labute approximate surface area is 124 Å². The molecule has 0 bridgehead atoms. The minimum atomic E-state index is -1.15. The summed E-state index contributed by atoms with van der Waals surface area (Å²) < 4.78 is 0. The predicted octanol–water partition coefficient (Wildman–Crippen LogP) is 1.01. The van der Waals surface area contributed by atoms with Crippen LogP contribution in [0.5, 0.6) is 0 Å². The molecular formula is C15H21N3O3. The van der Waals surface area contributed by atoms with Crippen LogP contribution in [0.3, 0.4) is 0 Å². The Morgan fingerprint density at radius 2 is 1.52 bits per heavy atom. The monoisotopic (exact) mass is 291 g/mol. The number of carbonyl (C=O) groups excluding carboxylic acids is 3. The summed E-state index contributed by atoms with van der Waals surface area (Å²) in [6.07, 6.45) is 0. The minimum absolute atomic E-state index is 0.134. The highest BCUT2D eigenvalue weighted by atomic mass is 16.2. The molecule has 0 fully saturated rings. The Hall–Kier alpha value is -2.37. The standard InChI is InChI=1S/C15H21N3O3/c1-10(19)18(15(2,3)14(16)21)12-8-6-11(7-9-12)13(20)17(4)5/h6-9H,1-5H3,(H2,16,21). The van der Waals surface area contributed by atoms with Crippen LogP contribution in [-0.2, 0) is 9.59 Å². The van der Waals surface area contributed by atoms with Gasteiger partial charge in [0.25, 0.3) is 5.91 Å². The molecule has 0 unspecified atom stereocenters. The summed E-state index contributed by atoms with van der Waals surface area (Å²) in [5, 5.41) is 0. The summed E-state index contributed by atoms with van der Waals surface area (Å²) in [4.78, 5) is 38.1. The number of nitrogens with two attached hydrogens (primary N) is 1. The third-order valence-corrected chi connectivity index (χ3v) is 3.26. The average Bonchev–Trinajstić information content (AvgIpc) is 2.37. The fourth-order valence-electron chi connectivity index (χ4n) is 2.02. The van der Waals surface area contributed by atoms with Crippen LogP contribution in [0.2, 0.25) is 0 Å². The van der Waals surface area contributed by atoms with Gasteiger partial charge in [0.1, 0.15) is 5.54 Å². The van der Waals surface area contributed by atoms with E-state index >= 15 is 0 Å². The van der Waals surface area contributed by atoms with Crippen LogP contribution in [0.1, 0.15) is 31.1 Å². The molecule has 3 amide bonds. The van der Waals surface area contributed by atoms with E-state index < -0.39 is 11.4 Å². The molecule has 21 heavy (non-hydrogen) atoms. The molecule has 114 valence electrons. The highest BCUT2D eigenvalue weighted by molar-refractivity contribution is 6.02. The second-order valence-electron chi connectivity index (χ2n) is 5.52. The van der Waals surface area contributed by atoms with Crippen molar-refractivity contribution in [2.24, 2.45) is 5.73 Å². The molecule has 2 N–H and O–H groups in total. The molecule has 0 atom stereocenters. The number of nitrogens with zero attached hydrogens (tertiary/aromatic N) is 2. The van der Waals surface area contributed by atoms with Crippen LogP contribution in [0.15, 0.2) is 24.3 Å². The zero-order valence-electron chi connectivity index (χ0n) is 13.0. The molecule has 0 radical (unpaired) electrons. The summed E-state index contributed by atoms with van der Waals surface area (Å²) in [6, 6.07) is 6.49. The molecule has 6 heteroatoms. The van der Waals surface area contributed by atoms with E-state index in [4.69, 9.17) is 5.73 Å². The maximum atomic E-state index is 11.9. The van der Waals surface area contributed by atoms with Gasteiger partial charge in [0.05, 0.1) is 0 Å². The molecule has 0 saturated carbocycles. The van der Waals surface area contributed by atoms with Gasteiger partial charge in [-0.2, -0.15) is 0 Å². The Morgan fingerprint density at radius 1 is 1.05 bits per heavy atom. The first-order valence-corrected chi connectivity index (χ1v) is 6.51. The third-order valence-electron chi connectivity index (χ3n) is 3.26. The van der Waals surface area contributed by atoms with Crippen LogP contribution >= 0.6 is 0 Å². The molecule has 0 saturated heterocycles. The first-order valence-electron chi connectivity index (χ1n) is 6.51. The maximum absolute atomic E-state index is 11.9. The van der Waals surface area contributed by atoms with Gasteiger partial charge in [0, 0.05) is 32.3 Å². The smallest absolute Gasteiger partial charge is 0.253 e. The second-order valence-corrected chi connectivity index (χ2v) is 5.52. The van der Waals surface area contributed by atoms with Crippen LogP contribution in [0.25, 0.3) is 0 Å². The summed E-state index contributed by atoms with van der Waals surface area (Å²) in [5.41, 5.74) is 5.24. The zero-order valence-corrected chi connectivity index (χ0v) is 13.0. The molecular weight excluding hydrogens is 270 g/mol. The Morgan fingerprint density at radius 3 is 1.86 bits per heavy atom. The highest BCUT2D eigenvalue weighted by Gasteiger charge is 2.35. The first-order chi connectivity index (χ1) is 9.59. The lowest BCUT2D eigenvalue weighted by Crippen LogP contribution is -2.55. The summed E-state index contributed by atoms with van der Waals surface area (Å²) in [6.45, 7) is 4.52. The number of primary amides is 1. The van der Waals surface area contributed by atoms with Crippen molar-refractivity contribution in [2.45, 2.75) is 26.3 Å². The number of hydrogen-bond acceptors (Lipinski definition) is 3. The van der Waals surface area contributed by atoms with Crippen molar-refractivity contribution in [3.8, 4) is 0 Å². The highest BCUT2D eigenvalue weighted by Crippen LogP contribution is 2.25. The number of rotatable bonds is 4. The number of hydrogen-bond donors (Lipinski definition) is 1. The fraction of sp³-hybridized carbons (Fsp3) is 0.400. The fourth-order valence-corrected chi connectivity index (χ4v) is 2.02. The Kier molecular flexibility index (Phi) is 4.73. The minimum Gasteiger partial charge on any atom is -0.368 e. The maximum Gasteiger partial charge on any atom is 0.253 e. The van der Waals surface area contributed by atoms with Gasteiger partial charge in [-0.3, -0.25) is 19.3 Å². The van der Waals surface area contributed by atoms with Crippen molar-refractivity contribution in [3.63, 3.8) is 0 Å². The van der Waals surface area contributed by atoms with Gasteiger partial charge in [-0.15, -0.1) is 0 Å². The Bertz CT molecular complexity index is 562. The molecule has 0 aliphatic carbocycles. The number of benzene rings is 1. The van der Waals surface area contributed by atoms with Gasteiger partial charge in [0.2, 0.25) is 11.8 Å². The van der Waals surface area contributed by atoms with Gasteiger partial charge < -0.3 is 10.6 Å². The van der Waals surface area contributed by atoms with E-state index in [1.807, 2.05) is 0 Å². The number of carbonyl (C=O) groups is 3. The summed E-state index contributed by atoms with van der Waals surface area (Å²) in [5.74, 6) is -1.04. The zero-order chi connectivity index (χ0) is 16.4. The molecule has 0 aromatic heterocycles. The van der Waals surface area contributed by atoms with Crippen molar-refractivity contribution < 1.29 is 14.4 Å². The van der Waals surface area contributed by atoms with Crippen molar-refractivity contribution in [3.05, 3.63) is 29.8 Å². The van der Waals surface area contributed by atoms with Crippen molar-refractivity contribution in [1.82, 2.24) is 4.90 Å². The average molecular weight is 291 g/mol. The molecule has 0 spiro atoms. The van der Waals surface area contributed by atoms with Gasteiger partial charge >= 0.3 is 0 Å². The molecule has 6 nitrogen and oxygen atoms in total. The van der Waals surface area contributed by atoms with E-state index in [0.29, 0.717) is 11.3 Å². The molecule has 1 rings (SSSR count). The first kappa shape index (κ1) is 16.7. The number of amides is 3. The SMILES string of the molecule is CC(=O)N(c1ccc(C(=O)N(C)C)cc1)C(C)(C)C(N)=O. The third kappa shape index (κ3) is 3.39. The van der Waals surface area contributed by atoms with Crippen LogP contribution in [0, 0.1) is 0 Å². The molecule has 0 aliphatic rings. The topological polar surface area (TPSA) is 83.7 Å². The molecule has 1 aromatic carbocycles. The van der Waals surface area contributed by atoms with Crippen LogP contribution < -0.4 is 10.6 Å². The van der Waals surface area contributed by atoms with Gasteiger partial charge in [0.15, 0.2) is 0 Å². The van der Waals surface area contributed by atoms with E-state index in [9.17, 15) is 14.4 Å².